The highest BCUT2D eigenvalue weighted by Gasteiger charge is 2.23. The predicted molar refractivity (Wildman–Crippen MR) is 99.4 cm³/mol. The fourth-order valence-corrected chi connectivity index (χ4v) is 2.87. The number of amides is 2. The van der Waals surface area contributed by atoms with Gasteiger partial charge in [-0.05, 0) is 43.2 Å². The molecule has 0 bridgehead atoms. The lowest BCUT2D eigenvalue weighted by molar-refractivity contribution is -0.124. The number of carbonyl (C=O) groups is 2. The van der Waals surface area contributed by atoms with Gasteiger partial charge in [0.2, 0.25) is 5.91 Å². The molecule has 1 heterocycles. The first-order valence-electron chi connectivity index (χ1n) is 8.60. The van der Waals surface area contributed by atoms with Crippen LogP contribution in [-0.2, 0) is 20.7 Å². The molecule has 1 fully saturated rings. The van der Waals surface area contributed by atoms with Gasteiger partial charge >= 0.3 is 0 Å². The summed E-state index contributed by atoms with van der Waals surface area (Å²) in [6.07, 6.45) is 1.52. The molecule has 0 saturated carbocycles. The zero-order chi connectivity index (χ0) is 18.4. The minimum atomic E-state index is -0.366. The molecule has 2 aromatic carbocycles. The molecule has 0 aromatic heterocycles. The van der Waals surface area contributed by atoms with Crippen LogP contribution in [0.25, 0.3) is 0 Å². The molecule has 2 aromatic rings. The van der Waals surface area contributed by atoms with Crippen molar-refractivity contribution in [2.24, 2.45) is 0 Å². The quantitative estimate of drug-likeness (QED) is 0.836. The van der Waals surface area contributed by atoms with E-state index in [-0.39, 0.29) is 24.3 Å². The Morgan fingerprint density at radius 2 is 1.77 bits per heavy atom. The molecule has 3 rings (SSSR count). The zero-order valence-corrected chi connectivity index (χ0v) is 14.7. The summed E-state index contributed by atoms with van der Waals surface area (Å²) >= 11 is 0. The molecule has 2 amide bonds. The van der Waals surface area contributed by atoms with Gasteiger partial charge in [0.15, 0.2) is 0 Å². The Morgan fingerprint density at radius 3 is 2.42 bits per heavy atom. The fourth-order valence-electron chi connectivity index (χ4n) is 2.87. The van der Waals surface area contributed by atoms with E-state index < -0.39 is 0 Å². The number of benzene rings is 2. The third-order valence-electron chi connectivity index (χ3n) is 4.20. The summed E-state index contributed by atoms with van der Waals surface area (Å²) in [5.41, 5.74) is 2.17. The summed E-state index contributed by atoms with van der Waals surface area (Å²) in [6, 6.07) is 14.4. The van der Waals surface area contributed by atoms with Crippen molar-refractivity contribution in [1.29, 1.82) is 0 Å². The summed E-state index contributed by atoms with van der Waals surface area (Å²) < 4.78 is 10.6. The van der Waals surface area contributed by atoms with Crippen LogP contribution in [0.4, 0.5) is 11.4 Å². The Bertz CT molecular complexity index is 768. The van der Waals surface area contributed by atoms with Crippen LogP contribution in [0.15, 0.2) is 48.5 Å². The predicted octanol–water partition coefficient (Wildman–Crippen LogP) is 2.99. The van der Waals surface area contributed by atoms with Gasteiger partial charge in [0.05, 0.1) is 13.5 Å². The number of hydrogen-bond acceptors (Lipinski definition) is 4. The largest absolute Gasteiger partial charge is 0.496 e. The van der Waals surface area contributed by atoms with Gasteiger partial charge in [-0.2, -0.15) is 0 Å². The van der Waals surface area contributed by atoms with Gasteiger partial charge in [0.25, 0.3) is 5.91 Å². The van der Waals surface area contributed by atoms with Crippen molar-refractivity contribution in [2.75, 3.05) is 24.4 Å². The molecule has 1 saturated heterocycles. The maximum atomic E-state index is 12.2. The van der Waals surface area contributed by atoms with E-state index in [2.05, 4.69) is 10.6 Å². The Labute approximate surface area is 152 Å². The molecule has 1 unspecified atom stereocenters. The fraction of sp³-hybridized carbons (Fsp3) is 0.300. The molecule has 1 atom stereocenters. The number of hydrogen-bond donors (Lipinski definition) is 2. The molecule has 2 N–H and O–H groups in total. The van der Waals surface area contributed by atoms with Crippen molar-refractivity contribution >= 4 is 23.2 Å². The molecule has 1 aliphatic rings. The van der Waals surface area contributed by atoms with E-state index in [9.17, 15) is 9.59 Å². The van der Waals surface area contributed by atoms with Gasteiger partial charge in [-0.25, -0.2) is 0 Å². The average Bonchev–Trinajstić information content (AvgIpc) is 3.18. The number of para-hydroxylation sites is 1. The van der Waals surface area contributed by atoms with Gasteiger partial charge < -0.3 is 20.1 Å². The van der Waals surface area contributed by atoms with E-state index >= 15 is 0 Å². The lowest BCUT2D eigenvalue weighted by Gasteiger charge is -2.11. The van der Waals surface area contributed by atoms with E-state index in [1.54, 1.807) is 31.4 Å². The number of carbonyl (C=O) groups excluding carboxylic acids is 2. The second-order valence-corrected chi connectivity index (χ2v) is 6.11. The molecule has 136 valence electrons. The Balaban J connectivity index is 1.55. The highest BCUT2D eigenvalue weighted by Crippen LogP contribution is 2.20. The van der Waals surface area contributed by atoms with Crippen LogP contribution in [0.2, 0.25) is 0 Å². The maximum Gasteiger partial charge on any atom is 0.253 e. The number of rotatable bonds is 6. The topological polar surface area (TPSA) is 76.7 Å². The first-order valence-corrected chi connectivity index (χ1v) is 8.60. The Kier molecular flexibility index (Phi) is 5.86. The normalized spacial score (nSPS) is 16.1. The SMILES string of the molecule is COc1ccccc1CC(=O)Nc1ccc(NC(=O)C2CCCO2)cc1. The minimum absolute atomic E-state index is 0.129. The molecular weight excluding hydrogens is 332 g/mol. The van der Waals surface area contributed by atoms with Crippen molar-refractivity contribution in [2.45, 2.75) is 25.4 Å². The molecule has 0 radical (unpaired) electrons. The monoisotopic (exact) mass is 354 g/mol. The number of anilines is 2. The zero-order valence-electron chi connectivity index (χ0n) is 14.7. The first-order chi connectivity index (χ1) is 12.7. The van der Waals surface area contributed by atoms with Crippen LogP contribution in [0.1, 0.15) is 18.4 Å². The molecule has 6 nitrogen and oxygen atoms in total. The lowest BCUT2D eigenvalue weighted by Crippen LogP contribution is -2.26. The van der Waals surface area contributed by atoms with Crippen LogP contribution in [0, 0.1) is 0 Å². The van der Waals surface area contributed by atoms with Crippen LogP contribution in [0.5, 0.6) is 5.75 Å². The molecule has 6 heteroatoms. The van der Waals surface area contributed by atoms with E-state index in [1.807, 2.05) is 24.3 Å². The molecular formula is C20H22N2O4. The van der Waals surface area contributed by atoms with Crippen molar-refractivity contribution < 1.29 is 19.1 Å². The second kappa shape index (κ2) is 8.49. The van der Waals surface area contributed by atoms with Gasteiger partial charge in [-0.3, -0.25) is 9.59 Å². The average molecular weight is 354 g/mol. The standard InChI is InChI=1S/C20H22N2O4/c1-25-17-6-3-2-5-14(17)13-19(23)21-15-8-10-16(11-9-15)22-20(24)18-7-4-12-26-18/h2-3,5-6,8-11,18H,4,7,12-13H2,1H3,(H,21,23)(H,22,24). The summed E-state index contributed by atoms with van der Waals surface area (Å²) in [4.78, 5) is 24.3. The van der Waals surface area contributed by atoms with E-state index in [4.69, 9.17) is 9.47 Å². The number of methoxy groups -OCH3 is 1. The third kappa shape index (κ3) is 4.61. The summed E-state index contributed by atoms with van der Waals surface area (Å²) in [7, 11) is 1.58. The third-order valence-corrected chi connectivity index (χ3v) is 4.20. The Hall–Kier alpha value is -2.86. The minimum Gasteiger partial charge on any atom is -0.496 e. The molecule has 0 aliphatic carbocycles. The van der Waals surface area contributed by atoms with Crippen molar-refractivity contribution in [1.82, 2.24) is 0 Å². The summed E-state index contributed by atoms with van der Waals surface area (Å²) in [6.45, 7) is 0.634. The smallest absolute Gasteiger partial charge is 0.253 e. The van der Waals surface area contributed by atoms with Gasteiger partial charge in [0, 0.05) is 23.5 Å². The summed E-state index contributed by atoms with van der Waals surface area (Å²) in [5, 5.41) is 5.67. The van der Waals surface area contributed by atoms with E-state index in [0.29, 0.717) is 23.7 Å². The summed E-state index contributed by atoms with van der Waals surface area (Å²) in [5.74, 6) is 0.427. The second-order valence-electron chi connectivity index (χ2n) is 6.11. The number of nitrogens with one attached hydrogen (secondary N) is 2. The molecule has 26 heavy (non-hydrogen) atoms. The highest BCUT2D eigenvalue weighted by molar-refractivity contribution is 5.95. The maximum absolute atomic E-state index is 12.2. The van der Waals surface area contributed by atoms with E-state index in [1.165, 1.54) is 0 Å². The van der Waals surface area contributed by atoms with Crippen LogP contribution in [0.3, 0.4) is 0 Å². The molecule has 1 aliphatic heterocycles. The highest BCUT2D eigenvalue weighted by atomic mass is 16.5. The lowest BCUT2D eigenvalue weighted by atomic mass is 10.1. The van der Waals surface area contributed by atoms with Crippen LogP contribution in [-0.4, -0.2) is 31.6 Å². The number of ether oxygens (including phenoxy) is 2. The van der Waals surface area contributed by atoms with Gasteiger partial charge in [-0.1, -0.05) is 18.2 Å². The van der Waals surface area contributed by atoms with Crippen LogP contribution >= 0.6 is 0 Å². The van der Waals surface area contributed by atoms with E-state index in [0.717, 1.165) is 18.4 Å². The van der Waals surface area contributed by atoms with Crippen molar-refractivity contribution in [3.63, 3.8) is 0 Å². The molecule has 0 spiro atoms. The van der Waals surface area contributed by atoms with Gasteiger partial charge in [0.1, 0.15) is 11.9 Å². The Morgan fingerprint density at radius 1 is 1.08 bits per heavy atom. The first kappa shape index (κ1) is 17.9. The van der Waals surface area contributed by atoms with Crippen LogP contribution < -0.4 is 15.4 Å². The van der Waals surface area contributed by atoms with Crippen molar-refractivity contribution in [3.8, 4) is 5.75 Å². The van der Waals surface area contributed by atoms with Gasteiger partial charge in [-0.15, -0.1) is 0 Å². The van der Waals surface area contributed by atoms with Crippen molar-refractivity contribution in [3.05, 3.63) is 54.1 Å².